The van der Waals surface area contributed by atoms with E-state index in [9.17, 15) is 4.79 Å². The summed E-state index contributed by atoms with van der Waals surface area (Å²) in [4.78, 5) is 13.4. The van der Waals surface area contributed by atoms with E-state index in [1.165, 1.54) is 0 Å². The maximum absolute atomic E-state index is 11.0. The van der Waals surface area contributed by atoms with Gasteiger partial charge >= 0.3 is 5.97 Å². The van der Waals surface area contributed by atoms with E-state index in [2.05, 4.69) is 11.0 Å². The van der Waals surface area contributed by atoms with Gasteiger partial charge in [-0.25, -0.2) is 0 Å². The smallest absolute Gasteiger partial charge is 0.308 e. The molecule has 0 radical (unpaired) electrons. The minimum absolute atomic E-state index is 0.144. The molecule has 2 heterocycles. The molecule has 0 saturated carbocycles. The third-order valence-electron chi connectivity index (χ3n) is 3.95. The number of carboxylic acids is 1. The first-order valence-electron chi connectivity index (χ1n) is 6.09. The van der Waals surface area contributed by atoms with E-state index in [-0.39, 0.29) is 12.0 Å². The quantitative estimate of drug-likeness (QED) is 0.718. The molecule has 3 atom stereocenters. The van der Waals surface area contributed by atoms with Crippen LogP contribution in [0.4, 0.5) is 0 Å². The Hall–Kier alpha value is -1.08. The van der Waals surface area contributed by atoms with E-state index in [4.69, 9.17) is 10.4 Å². The van der Waals surface area contributed by atoms with Crippen LogP contribution in [0.2, 0.25) is 0 Å². The summed E-state index contributed by atoms with van der Waals surface area (Å²) in [7, 11) is 0. The average molecular weight is 222 g/mol. The lowest BCUT2D eigenvalue weighted by Gasteiger charge is -2.22. The molecule has 0 aromatic rings. The largest absolute Gasteiger partial charge is 0.481 e. The molecule has 2 saturated heterocycles. The zero-order valence-electron chi connectivity index (χ0n) is 9.43. The summed E-state index contributed by atoms with van der Waals surface area (Å²) in [5.74, 6) is -0.774. The third-order valence-corrected chi connectivity index (χ3v) is 3.95. The van der Waals surface area contributed by atoms with Gasteiger partial charge in [-0.1, -0.05) is 0 Å². The molecule has 4 nitrogen and oxygen atoms in total. The molecule has 16 heavy (non-hydrogen) atoms. The molecular formula is C12H18N2O2. The fourth-order valence-corrected chi connectivity index (χ4v) is 3.21. The van der Waals surface area contributed by atoms with Gasteiger partial charge in [-0.05, 0) is 38.6 Å². The standard InChI is InChI=1S/C12H18N2O2/c13-6-2-1-3-7-14-9-4-5-11(14)10(8-9)12(15)16/h9-11H,1-5,7-8H2,(H,15,16). The lowest BCUT2D eigenvalue weighted by atomic mass is 9.89. The molecule has 0 spiro atoms. The normalized spacial score (nSPS) is 32.8. The van der Waals surface area contributed by atoms with Crippen molar-refractivity contribution < 1.29 is 9.90 Å². The van der Waals surface area contributed by atoms with Gasteiger partial charge in [-0.2, -0.15) is 5.26 Å². The van der Waals surface area contributed by atoms with Crippen molar-refractivity contribution in [2.45, 2.75) is 50.6 Å². The van der Waals surface area contributed by atoms with Gasteiger partial charge in [0.1, 0.15) is 0 Å². The molecule has 0 aliphatic carbocycles. The number of aliphatic carboxylic acids is 1. The van der Waals surface area contributed by atoms with Crippen molar-refractivity contribution in [1.29, 1.82) is 5.26 Å². The van der Waals surface area contributed by atoms with Gasteiger partial charge in [-0.3, -0.25) is 9.69 Å². The number of hydrogen-bond acceptors (Lipinski definition) is 3. The van der Waals surface area contributed by atoms with Gasteiger partial charge in [0.15, 0.2) is 0 Å². The lowest BCUT2D eigenvalue weighted by molar-refractivity contribution is -0.142. The number of nitrogens with zero attached hydrogens (tertiary/aromatic N) is 2. The van der Waals surface area contributed by atoms with Gasteiger partial charge in [0.25, 0.3) is 0 Å². The van der Waals surface area contributed by atoms with Gasteiger partial charge in [0.05, 0.1) is 12.0 Å². The molecule has 3 unspecified atom stereocenters. The van der Waals surface area contributed by atoms with Crippen molar-refractivity contribution in [2.24, 2.45) is 5.92 Å². The van der Waals surface area contributed by atoms with Crippen LogP contribution >= 0.6 is 0 Å². The fourth-order valence-electron chi connectivity index (χ4n) is 3.21. The van der Waals surface area contributed by atoms with E-state index in [1.807, 2.05) is 0 Å². The molecule has 2 aliphatic rings. The van der Waals surface area contributed by atoms with Crippen molar-refractivity contribution in [3.05, 3.63) is 0 Å². The first-order chi connectivity index (χ1) is 7.74. The molecule has 1 N–H and O–H groups in total. The van der Waals surface area contributed by atoms with Crippen LogP contribution in [0.5, 0.6) is 0 Å². The van der Waals surface area contributed by atoms with Gasteiger partial charge < -0.3 is 5.11 Å². The summed E-state index contributed by atoms with van der Waals surface area (Å²) in [6, 6.07) is 2.91. The molecular weight excluding hydrogens is 204 g/mol. The number of rotatable bonds is 5. The summed E-state index contributed by atoms with van der Waals surface area (Å²) in [6.07, 6.45) is 5.60. The van der Waals surface area contributed by atoms with E-state index < -0.39 is 5.97 Å². The monoisotopic (exact) mass is 222 g/mol. The van der Waals surface area contributed by atoms with E-state index in [0.717, 1.165) is 38.6 Å². The highest BCUT2D eigenvalue weighted by atomic mass is 16.4. The van der Waals surface area contributed by atoms with Gasteiger partial charge in [-0.15, -0.1) is 0 Å². The maximum atomic E-state index is 11.0. The summed E-state index contributed by atoms with van der Waals surface area (Å²) < 4.78 is 0. The number of carbonyl (C=O) groups is 1. The Morgan fingerprint density at radius 3 is 2.88 bits per heavy atom. The topological polar surface area (TPSA) is 64.3 Å². The van der Waals surface area contributed by atoms with Crippen molar-refractivity contribution >= 4 is 5.97 Å². The predicted molar refractivity (Wildman–Crippen MR) is 58.7 cm³/mol. The van der Waals surface area contributed by atoms with E-state index >= 15 is 0 Å². The van der Waals surface area contributed by atoms with Crippen LogP contribution in [0.3, 0.4) is 0 Å². The Bertz CT molecular complexity index is 311. The summed E-state index contributed by atoms with van der Waals surface area (Å²) in [6.45, 7) is 0.973. The van der Waals surface area contributed by atoms with Crippen molar-refractivity contribution in [1.82, 2.24) is 4.90 Å². The Morgan fingerprint density at radius 1 is 1.44 bits per heavy atom. The minimum Gasteiger partial charge on any atom is -0.481 e. The molecule has 0 aromatic carbocycles. The number of hydrogen-bond donors (Lipinski definition) is 1. The lowest BCUT2D eigenvalue weighted by Crippen LogP contribution is -2.33. The Morgan fingerprint density at radius 2 is 2.25 bits per heavy atom. The second kappa shape index (κ2) is 4.84. The summed E-state index contributed by atoms with van der Waals surface area (Å²) in [5.41, 5.74) is 0. The predicted octanol–water partition coefficient (Wildman–Crippen LogP) is 1.62. The highest BCUT2D eigenvalue weighted by molar-refractivity contribution is 5.71. The minimum atomic E-state index is -0.630. The SMILES string of the molecule is N#CCCCCN1C2CCC1C(C(=O)O)C2. The number of nitriles is 1. The third kappa shape index (κ3) is 2.05. The van der Waals surface area contributed by atoms with Crippen LogP contribution in [0.1, 0.15) is 38.5 Å². The van der Waals surface area contributed by atoms with Crippen molar-refractivity contribution in [2.75, 3.05) is 6.54 Å². The van der Waals surface area contributed by atoms with Crippen LogP contribution in [-0.4, -0.2) is 34.6 Å². The van der Waals surface area contributed by atoms with E-state index in [1.54, 1.807) is 0 Å². The Balaban J connectivity index is 1.83. The van der Waals surface area contributed by atoms with Crippen LogP contribution in [0.25, 0.3) is 0 Å². The van der Waals surface area contributed by atoms with Crippen LogP contribution in [-0.2, 0) is 4.79 Å². The number of unbranched alkanes of at least 4 members (excludes halogenated alkanes) is 2. The summed E-state index contributed by atoms with van der Waals surface area (Å²) in [5, 5.41) is 17.5. The summed E-state index contributed by atoms with van der Waals surface area (Å²) >= 11 is 0. The second-order valence-electron chi connectivity index (χ2n) is 4.83. The van der Waals surface area contributed by atoms with Crippen LogP contribution in [0, 0.1) is 17.2 Å². The van der Waals surface area contributed by atoms with Gasteiger partial charge in [0, 0.05) is 18.5 Å². The zero-order chi connectivity index (χ0) is 11.5. The first-order valence-corrected chi connectivity index (χ1v) is 6.09. The molecule has 0 amide bonds. The van der Waals surface area contributed by atoms with Crippen molar-refractivity contribution in [3.8, 4) is 6.07 Å². The Kier molecular flexibility index (Phi) is 3.45. The highest BCUT2D eigenvalue weighted by Crippen LogP contribution is 2.41. The maximum Gasteiger partial charge on any atom is 0.308 e. The second-order valence-corrected chi connectivity index (χ2v) is 4.83. The van der Waals surface area contributed by atoms with Crippen molar-refractivity contribution in [3.63, 3.8) is 0 Å². The van der Waals surface area contributed by atoms with Crippen LogP contribution in [0.15, 0.2) is 0 Å². The molecule has 0 aromatic heterocycles. The van der Waals surface area contributed by atoms with Crippen LogP contribution < -0.4 is 0 Å². The molecule has 2 fully saturated rings. The number of fused-ring (bicyclic) bond motifs is 2. The number of carboxylic acid groups (broad SMARTS) is 1. The molecule has 88 valence electrons. The zero-order valence-corrected chi connectivity index (χ0v) is 9.43. The van der Waals surface area contributed by atoms with Gasteiger partial charge in [0.2, 0.25) is 0 Å². The highest BCUT2D eigenvalue weighted by Gasteiger charge is 2.48. The van der Waals surface area contributed by atoms with E-state index in [0.29, 0.717) is 12.5 Å². The molecule has 2 rings (SSSR count). The molecule has 2 bridgehead atoms. The first kappa shape index (κ1) is 11.4. The fraction of sp³-hybridized carbons (Fsp3) is 0.833. The molecule has 2 aliphatic heterocycles. The average Bonchev–Trinajstić information content (AvgIpc) is 2.81. The molecule has 4 heteroatoms. The Labute approximate surface area is 95.9 Å².